The number of nitrogen functional groups attached to an aromatic ring is 1. The Hall–Kier alpha value is -1.62. The van der Waals surface area contributed by atoms with E-state index < -0.39 is 0 Å². The van der Waals surface area contributed by atoms with Crippen LogP contribution in [0, 0.1) is 25.2 Å². The number of nitrogens with zero attached hydrogens (tertiary/aromatic N) is 2. The Morgan fingerprint density at radius 3 is 2.80 bits per heavy atom. The molecule has 5 nitrogen and oxygen atoms in total. The molecule has 1 fully saturated rings. The third kappa shape index (κ3) is 3.70. The predicted octanol–water partition coefficient (Wildman–Crippen LogP) is 1.85. The van der Waals surface area contributed by atoms with Gasteiger partial charge in [0.15, 0.2) is 0 Å². The molecule has 1 aromatic rings. The van der Waals surface area contributed by atoms with Gasteiger partial charge in [-0.1, -0.05) is 0 Å². The molecule has 1 aliphatic carbocycles. The van der Waals surface area contributed by atoms with Crippen molar-refractivity contribution in [3.8, 4) is 0 Å². The summed E-state index contributed by atoms with van der Waals surface area (Å²) >= 11 is 0. The summed E-state index contributed by atoms with van der Waals surface area (Å²) in [6, 6.07) is 1.96. The molecule has 110 valence electrons. The average Bonchev–Trinajstić information content (AvgIpc) is 3.16. The molecule has 0 saturated heterocycles. The maximum atomic E-state index is 7.74. The highest BCUT2D eigenvalue weighted by Crippen LogP contribution is 2.28. The van der Waals surface area contributed by atoms with Crippen molar-refractivity contribution in [2.24, 2.45) is 11.7 Å². The van der Waals surface area contributed by atoms with E-state index in [-0.39, 0.29) is 5.84 Å². The molecule has 1 saturated carbocycles. The molecule has 0 aliphatic heterocycles. The normalized spacial score (nSPS) is 14.3. The van der Waals surface area contributed by atoms with E-state index in [0.717, 1.165) is 41.7 Å². The topological polar surface area (TPSA) is 75.2 Å². The minimum absolute atomic E-state index is 0.0655. The smallest absolute Gasteiger partial charge is 0.139 e. The van der Waals surface area contributed by atoms with Crippen LogP contribution >= 0.6 is 0 Å². The van der Waals surface area contributed by atoms with E-state index in [1.807, 2.05) is 31.9 Å². The second-order valence-corrected chi connectivity index (χ2v) is 5.63. The second-order valence-electron chi connectivity index (χ2n) is 5.63. The van der Waals surface area contributed by atoms with E-state index in [4.69, 9.17) is 15.9 Å². The molecule has 20 heavy (non-hydrogen) atoms. The number of likely N-dealkylation sites (N-methyl/N-ethyl adjacent to an activating group) is 1. The summed E-state index contributed by atoms with van der Waals surface area (Å²) in [6.07, 6.45) is 2.62. The van der Waals surface area contributed by atoms with Crippen LogP contribution in [0.25, 0.3) is 0 Å². The largest absolute Gasteiger partial charge is 0.384 e. The Morgan fingerprint density at radius 2 is 2.20 bits per heavy atom. The highest BCUT2D eigenvalue weighted by atomic mass is 16.5. The molecule has 0 amide bonds. The first kappa shape index (κ1) is 14.8. The van der Waals surface area contributed by atoms with Crippen LogP contribution < -0.4 is 10.6 Å². The lowest BCUT2D eigenvalue weighted by Gasteiger charge is -2.22. The number of pyridine rings is 1. The number of aromatic nitrogens is 1. The van der Waals surface area contributed by atoms with Gasteiger partial charge in [0.1, 0.15) is 11.7 Å². The van der Waals surface area contributed by atoms with Gasteiger partial charge in [-0.15, -0.1) is 0 Å². The maximum absolute atomic E-state index is 7.74. The summed E-state index contributed by atoms with van der Waals surface area (Å²) in [6.45, 7) is 6.22. The van der Waals surface area contributed by atoms with Gasteiger partial charge in [0.2, 0.25) is 0 Å². The number of ether oxygens (including phenoxy) is 1. The van der Waals surface area contributed by atoms with Gasteiger partial charge in [0.05, 0.1) is 12.2 Å². The van der Waals surface area contributed by atoms with Crippen LogP contribution in [0.1, 0.15) is 29.7 Å². The van der Waals surface area contributed by atoms with Crippen LogP contribution in [-0.2, 0) is 4.74 Å². The Labute approximate surface area is 120 Å². The van der Waals surface area contributed by atoms with E-state index in [0.29, 0.717) is 6.61 Å². The summed E-state index contributed by atoms with van der Waals surface area (Å²) in [5.41, 5.74) is 8.34. The fourth-order valence-corrected chi connectivity index (χ4v) is 2.27. The van der Waals surface area contributed by atoms with Crippen LogP contribution in [0.4, 0.5) is 5.82 Å². The fraction of sp³-hybridized carbons (Fsp3) is 0.600. The summed E-state index contributed by atoms with van der Waals surface area (Å²) in [5.74, 6) is 1.62. The number of nitrogens with one attached hydrogen (secondary N) is 1. The third-order valence-corrected chi connectivity index (χ3v) is 3.58. The zero-order valence-corrected chi connectivity index (χ0v) is 12.6. The summed E-state index contributed by atoms with van der Waals surface area (Å²) in [5, 5.41) is 7.74. The van der Waals surface area contributed by atoms with Crippen molar-refractivity contribution in [1.82, 2.24) is 4.98 Å². The van der Waals surface area contributed by atoms with Crippen molar-refractivity contribution in [3.05, 3.63) is 22.9 Å². The number of anilines is 1. The molecular formula is C15H24N4O. The average molecular weight is 276 g/mol. The zero-order valence-electron chi connectivity index (χ0n) is 12.6. The molecule has 0 aromatic carbocycles. The number of hydrogen-bond donors (Lipinski definition) is 2. The van der Waals surface area contributed by atoms with Crippen molar-refractivity contribution in [2.45, 2.75) is 26.7 Å². The zero-order chi connectivity index (χ0) is 14.7. The minimum atomic E-state index is 0.0655. The van der Waals surface area contributed by atoms with Crippen LogP contribution in [0.5, 0.6) is 0 Å². The van der Waals surface area contributed by atoms with Crippen molar-refractivity contribution in [2.75, 3.05) is 31.7 Å². The first-order valence-electron chi connectivity index (χ1n) is 7.10. The molecule has 0 radical (unpaired) electrons. The predicted molar refractivity (Wildman–Crippen MR) is 81.5 cm³/mol. The highest BCUT2D eigenvalue weighted by Gasteiger charge is 2.21. The molecule has 5 heteroatoms. The van der Waals surface area contributed by atoms with Crippen LogP contribution in [0.3, 0.4) is 0 Å². The molecule has 1 aliphatic rings. The molecular weight excluding hydrogens is 252 g/mol. The van der Waals surface area contributed by atoms with Crippen molar-refractivity contribution in [1.29, 1.82) is 5.41 Å². The summed E-state index contributed by atoms with van der Waals surface area (Å²) < 4.78 is 5.66. The first-order chi connectivity index (χ1) is 9.49. The van der Waals surface area contributed by atoms with E-state index in [1.54, 1.807) is 0 Å². The lowest BCUT2D eigenvalue weighted by molar-refractivity contribution is 0.131. The number of hydrogen-bond acceptors (Lipinski definition) is 4. The van der Waals surface area contributed by atoms with E-state index >= 15 is 0 Å². The monoisotopic (exact) mass is 276 g/mol. The Morgan fingerprint density at radius 1 is 1.50 bits per heavy atom. The quantitative estimate of drug-likeness (QED) is 0.453. The van der Waals surface area contributed by atoms with Gasteiger partial charge in [-0.05, 0) is 44.2 Å². The fourth-order valence-electron chi connectivity index (χ4n) is 2.27. The lowest BCUT2D eigenvalue weighted by Crippen LogP contribution is -2.28. The molecule has 0 unspecified atom stereocenters. The van der Waals surface area contributed by atoms with Crippen LogP contribution in [-0.4, -0.2) is 37.6 Å². The van der Waals surface area contributed by atoms with Gasteiger partial charge in [-0.2, -0.15) is 0 Å². The molecule has 3 N–H and O–H groups in total. The van der Waals surface area contributed by atoms with Gasteiger partial charge in [0.25, 0.3) is 0 Å². The van der Waals surface area contributed by atoms with Crippen molar-refractivity contribution >= 4 is 11.7 Å². The number of nitrogens with two attached hydrogens (primary N) is 1. The van der Waals surface area contributed by atoms with Gasteiger partial charge in [-0.25, -0.2) is 4.98 Å². The molecule has 0 bridgehead atoms. The molecule has 0 atom stereocenters. The van der Waals surface area contributed by atoms with E-state index in [2.05, 4.69) is 4.98 Å². The molecule has 1 aromatic heterocycles. The maximum Gasteiger partial charge on any atom is 0.139 e. The number of rotatable bonds is 7. The van der Waals surface area contributed by atoms with Crippen molar-refractivity contribution in [3.63, 3.8) is 0 Å². The summed E-state index contributed by atoms with van der Waals surface area (Å²) in [4.78, 5) is 6.55. The van der Waals surface area contributed by atoms with Gasteiger partial charge in [0, 0.05) is 25.9 Å². The van der Waals surface area contributed by atoms with Crippen LogP contribution in [0.2, 0.25) is 0 Å². The SMILES string of the molecule is Cc1cc(C)c(C(=N)N)c(N(C)CCOCC2CC2)n1. The molecule has 2 rings (SSSR count). The number of aryl methyl sites for hydroxylation is 2. The Balaban J connectivity index is 2.02. The minimum Gasteiger partial charge on any atom is -0.384 e. The number of amidine groups is 1. The van der Waals surface area contributed by atoms with E-state index in [1.165, 1.54) is 12.8 Å². The standard InChI is InChI=1S/C15H24N4O/c1-10-8-11(2)18-15(13(10)14(16)17)19(3)6-7-20-9-12-4-5-12/h8,12H,4-7,9H2,1-3H3,(H3,16,17). The summed E-state index contributed by atoms with van der Waals surface area (Å²) in [7, 11) is 1.97. The molecule has 0 spiro atoms. The molecule has 1 heterocycles. The Kier molecular flexibility index (Phi) is 4.60. The van der Waals surface area contributed by atoms with Gasteiger partial charge >= 0.3 is 0 Å². The third-order valence-electron chi connectivity index (χ3n) is 3.58. The highest BCUT2D eigenvalue weighted by molar-refractivity contribution is 6.01. The Bertz CT molecular complexity index is 497. The van der Waals surface area contributed by atoms with Gasteiger partial charge in [-0.3, -0.25) is 5.41 Å². The second kappa shape index (κ2) is 6.22. The first-order valence-corrected chi connectivity index (χ1v) is 7.10. The van der Waals surface area contributed by atoms with Gasteiger partial charge < -0.3 is 15.4 Å². The van der Waals surface area contributed by atoms with E-state index in [9.17, 15) is 0 Å². The van der Waals surface area contributed by atoms with Crippen LogP contribution in [0.15, 0.2) is 6.07 Å². The van der Waals surface area contributed by atoms with Crippen molar-refractivity contribution < 1.29 is 4.74 Å². The lowest BCUT2D eigenvalue weighted by atomic mass is 10.1.